The number of thiophene rings is 1. The summed E-state index contributed by atoms with van der Waals surface area (Å²) in [6, 6.07) is 5.52. The summed E-state index contributed by atoms with van der Waals surface area (Å²) < 4.78 is 30.4. The molecule has 1 aromatic carbocycles. The molecule has 1 aliphatic heterocycles. The van der Waals surface area contributed by atoms with Crippen molar-refractivity contribution in [3.05, 3.63) is 45.8 Å². The fourth-order valence-corrected chi connectivity index (χ4v) is 5.57. The summed E-state index contributed by atoms with van der Waals surface area (Å²) in [4.78, 5) is 40.6. The van der Waals surface area contributed by atoms with Crippen molar-refractivity contribution in [1.82, 2.24) is 14.5 Å². The Morgan fingerprint density at radius 2 is 1.82 bits per heavy atom. The highest BCUT2D eigenvalue weighted by atomic mass is 32.2. The number of carbonyl (C=O) groups excluding carboxylic acids is 3. The summed E-state index contributed by atoms with van der Waals surface area (Å²) >= 11 is 1.28. The van der Waals surface area contributed by atoms with Crippen LogP contribution < -0.4 is 10.6 Å². The molecule has 0 atom stereocenters. The highest BCUT2D eigenvalue weighted by molar-refractivity contribution is 7.89. The van der Waals surface area contributed by atoms with Crippen molar-refractivity contribution in [1.29, 1.82) is 0 Å². The van der Waals surface area contributed by atoms with Crippen LogP contribution in [0.1, 0.15) is 38.1 Å². The molecule has 0 aliphatic carbocycles. The smallest absolute Gasteiger partial charge is 0.414 e. The molecule has 178 valence electrons. The molecule has 12 heteroatoms. The van der Waals surface area contributed by atoms with Crippen LogP contribution in [0.2, 0.25) is 0 Å². The maximum atomic E-state index is 12.9. The van der Waals surface area contributed by atoms with Gasteiger partial charge in [-0.2, -0.15) is 0 Å². The van der Waals surface area contributed by atoms with Gasteiger partial charge in [-0.05, 0) is 50.2 Å². The molecule has 3 amide bonds. The molecule has 1 aliphatic rings. The van der Waals surface area contributed by atoms with E-state index in [1.54, 1.807) is 6.92 Å². The highest BCUT2D eigenvalue weighted by Gasteiger charge is 2.29. The Morgan fingerprint density at radius 1 is 1.15 bits per heavy atom. The van der Waals surface area contributed by atoms with E-state index in [1.165, 1.54) is 49.7 Å². The third kappa shape index (κ3) is 5.41. The Kier molecular flexibility index (Phi) is 7.52. The first-order chi connectivity index (χ1) is 15.5. The lowest BCUT2D eigenvalue weighted by Gasteiger charge is -2.22. The van der Waals surface area contributed by atoms with Gasteiger partial charge in [0.05, 0.1) is 17.1 Å². The Balaban J connectivity index is 1.89. The van der Waals surface area contributed by atoms with E-state index in [4.69, 9.17) is 4.74 Å². The number of likely N-dealkylation sites (N-methyl/N-ethyl adjacent to an activating group) is 1. The molecule has 0 bridgehead atoms. The van der Waals surface area contributed by atoms with Crippen LogP contribution >= 0.6 is 11.3 Å². The molecule has 0 saturated heterocycles. The molecule has 0 fully saturated rings. The van der Waals surface area contributed by atoms with Gasteiger partial charge in [0.25, 0.3) is 11.8 Å². The summed E-state index contributed by atoms with van der Waals surface area (Å²) in [5.74, 6) is -1.14. The number of amides is 3. The Bertz CT molecular complexity index is 1170. The molecule has 1 aromatic heterocycles. The fourth-order valence-electron chi connectivity index (χ4n) is 3.35. The van der Waals surface area contributed by atoms with Gasteiger partial charge in [0.15, 0.2) is 0 Å². The lowest BCUT2D eigenvalue weighted by molar-refractivity contribution is 0.0924. The van der Waals surface area contributed by atoms with Crippen LogP contribution in [0, 0.1) is 0 Å². The van der Waals surface area contributed by atoms with Crippen LogP contribution in [0.25, 0.3) is 0 Å². The van der Waals surface area contributed by atoms with Crippen molar-refractivity contribution in [3.63, 3.8) is 0 Å². The van der Waals surface area contributed by atoms with E-state index >= 15 is 0 Å². The summed E-state index contributed by atoms with van der Waals surface area (Å²) in [6.07, 6.45) is -0.258. The number of carbonyl (C=O) groups is 3. The average molecular weight is 495 g/mol. The molecule has 0 spiro atoms. The SMILES string of the molecule is CCOC(=O)NC(=O)c1c(NC(=O)c2ccc(S(=O)(=O)N(C)C)cc2)sc2c1CCN(C)C2. The van der Waals surface area contributed by atoms with E-state index in [0.717, 1.165) is 21.3 Å². The molecule has 0 radical (unpaired) electrons. The number of alkyl carbamates (subject to hydrolysis) is 1. The van der Waals surface area contributed by atoms with Gasteiger partial charge in [-0.1, -0.05) is 0 Å². The van der Waals surface area contributed by atoms with Crippen LogP contribution in [-0.4, -0.2) is 69.8 Å². The van der Waals surface area contributed by atoms with E-state index in [2.05, 4.69) is 15.5 Å². The predicted molar refractivity (Wildman–Crippen MR) is 124 cm³/mol. The lowest BCUT2D eigenvalue weighted by Crippen LogP contribution is -2.33. The van der Waals surface area contributed by atoms with Crippen molar-refractivity contribution in [3.8, 4) is 0 Å². The van der Waals surface area contributed by atoms with Crippen molar-refractivity contribution >= 4 is 44.3 Å². The predicted octanol–water partition coefficient (Wildman–Crippen LogP) is 2.12. The number of hydrogen-bond acceptors (Lipinski definition) is 8. The van der Waals surface area contributed by atoms with Gasteiger partial charge in [-0.3, -0.25) is 14.9 Å². The second-order valence-electron chi connectivity index (χ2n) is 7.64. The number of fused-ring (bicyclic) bond motifs is 1. The number of sulfonamides is 1. The largest absolute Gasteiger partial charge is 0.450 e. The Morgan fingerprint density at radius 3 is 2.42 bits per heavy atom. The van der Waals surface area contributed by atoms with Crippen LogP contribution in [0.4, 0.5) is 9.80 Å². The molecule has 2 N–H and O–H groups in total. The second kappa shape index (κ2) is 10.00. The molecule has 3 rings (SSSR count). The van der Waals surface area contributed by atoms with Gasteiger partial charge in [0, 0.05) is 37.6 Å². The Hall–Kier alpha value is -2.80. The molecular formula is C21H26N4O6S2. The molecule has 33 heavy (non-hydrogen) atoms. The molecular weight excluding hydrogens is 468 g/mol. The minimum absolute atomic E-state index is 0.0631. The number of anilines is 1. The topological polar surface area (TPSA) is 125 Å². The van der Waals surface area contributed by atoms with Gasteiger partial charge in [0.1, 0.15) is 5.00 Å². The van der Waals surface area contributed by atoms with E-state index in [0.29, 0.717) is 18.0 Å². The average Bonchev–Trinajstić information content (AvgIpc) is 3.10. The zero-order valence-electron chi connectivity index (χ0n) is 18.8. The van der Waals surface area contributed by atoms with Crippen molar-refractivity contribution < 1.29 is 27.5 Å². The third-order valence-corrected chi connectivity index (χ3v) is 8.05. The van der Waals surface area contributed by atoms with E-state index < -0.39 is 27.9 Å². The zero-order valence-corrected chi connectivity index (χ0v) is 20.4. The number of hydrogen-bond donors (Lipinski definition) is 2. The number of imide groups is 1. The van der Waals surface area contributed by atoms with Crippen molar-refractivity contribution in [2.24, 2.45) is 0 Å². The fraction of sp³-hybridized carbons (Fsp3) is 0.381. The van der Waals surface area contributed by atoms with E-state index in [1.807, 2.05) is 7.05 Å². The highest BCUT2D eigenvalue weighted by Crippen LogP contribution is 2.37. The van der Waals surface area contributed by atoms with E-state index in [-0.39, 0.29) is 22.6 Å². The normalized spacial score (nSPS) is 14.0. The summed E-state index contributed by atoms with van der Waals surface area (Å²) in [5.41, 5.74) is 1.27. The monoisotopic (exact) mass is 494 g/mol. The molecule has 0 unspecified atom stereocenters. The van der Waals surface area contributed by atoms with Crippen LogP contribution in [0.15, 0.2) is 29.2 Å². The lowest BCUT2D eigenvalue weighted by atomic mass is 10.0. The molecule has 2 heterocycles. The summed E-state index contributed by atoms with van der Waals surface area (Å²) in [5, 5.41) is 5.28. The molecule has 2 aromatic rings. The van der Waals surface area contributed by atoms with Crippen molar-refractivity contribution in [2.75, 3.05) is 39.6 Å². The van der Waals surface area contributed by atoms with E-state index in [9.17, 15) is 22.8 Å². The standard InChI is InChI=1S/C21H26N4O6S2/c1-5-31-21(28)23-19(27)17-15-10-11-25(4)12-16(15)32-20(17)22-18(26)13-6-8-14(9-7-13)33(29,30)24(2)3/h6-9H,5,10-12H2,1-4H3,(H,22,26)(H,23,27,28). The number of benzene rings is 1. The first kappa shape index (κ1) is 24.8. The maximum Gasteiger partial charge on any atom is 0.414 e. The number of nitrogens with one attached hydrogen (secondary N) is 2. The van der Waals surface area contributed by atoms with Crippen LogP contribution in [-0.2, 0) is 27.7 Å². The van der Waals surface area contributed by atoms with Crippen LogP contribution in [0.3, 0.4) is 0 Å². The molecule has 0 saturated carbocycles. The maximum absolute atomic E-state index is 12.9. The van der Waals surface area contributed by atoms with Gasteiger partial charge in [-0.25, -0.2) is 17.5 Å². The number of nitrogens with zero attached hydrogens (tertiary/aromatic N) is 2. The summed E-state index contributed by atoms with van der Waals surface area (Å²) in [6.45, 7) is 3.10. The first-order valence-corrected chi connectivity index (χ1v) is 12.4. The van der Waals surface area contributed by atoms with Gasteiger partial charge in [0.2, 0.25) is 10.0 Å². The number of ether oxygens (including phenoxy) is 1. The zero-order chi connectivity index (χ0) is 24.3. The number of rotatable bonds is 6. The van der Waals surface area contributed by atoms with Crippen molar-refractivity contribution in [2.45, 2.75) is 24.8 Å². The quantitative estimate of drug-likeness (QED) is 0.630. The first-order valence-electron chi connectivity index (χ1n) is 10.2. The van der Waals surface area contributed by atoms with Gasteiger partial charge < -0.3 is 15.0 Å². The van der Waals surface area contributed by atoms with Gasteiger partial charge in [-0.15, -0.1) is 11.3 Å². The molecule has 10 nitrogen and oxygen atoms in total. The summed E-state index contributed by atoms with van der Waals surface area (Å²) in [7, 11) is 1.19. The minimum atomic E-state index is -3.62. The Labute approximate surface area is 196 Å². The second-order valence-corrected chi connectivity index (χ2v) is 10.9. The third-order valence-electron chi connectivity index (χ3n) is 5.09. The van der Waals surface area contributed by atoms with Gasteiger partial charge >= 0.3 is 6.09 Å². The minimum Gasteiger partial charge on any atom is -0.450 e. The van der Waals surface area contributed by atoms with Crippen LogP contribution in [0.5, 0.6) is 0 Å².